The smallest absolute Gasteiger partial charge is 0.184 e. The first kappa shape index (κ1) is 24.2. The van der Waals surface area contributed by atoms with Gasteiger partial charge in [0.05, 0.1) is 11.9 Å². The standard InChI is InChI=1S/C25H34FN7S/c1-18-4-5-19(2)22(14-18)31-10-12-33(13-11-31)24-16-23(32-8-6-30(3)7-9-32)20(15-21(24)26)17-28-29-25(27)34/h4-5,14-17H,6-13H2,1-3H3,(H3,27,29,34)/b28-17+. The molecule has 0 bridgehead atoms. The molecule has 9 heteroatoms. The zero-order valence-corrected chi connectivity index (χ0v) is 21.0. The van der Waals surface area contributed by atoms with Gasteiger partial charge < -0.3 is 25.3 Å². The third-order valence-electron chi connectivity index (χ3n) is 6.64. The van der Waals surface area contributed by atoms with Crippen LogP contribution in [-0.4, -0.2) is 75.6 Å². The van der Waals surface area contributed by atoms with Crippen LogP contribution in [0.4, 0.5) is 21.5 Å². The molecule has 0 saturated carbocycles. The number of likely N-dealkylation sites (N-methyl/N-ethyl adjacent to an activating group) is 1. The number of hydrogen-bond donors (Lipinski definition) is 2. The van der Waals surface area contributed by atoms with Gasteiger partial charge in [0, 0.05) is 69.3 Å². The van der Waals surface area contributed by atoms with Gasteiger partial charge in [-0.25, -0.2) is 4.39 Å². The lowest BCUT2D eigenvalue weighted by atomic mass is 10.1. The molecule has 0 aromatic heterocycles. The van der Waals surface area contributed by atoms with Gasteiger partial charge in [-0.3, -0.25) is 5.43 Å². The molecule has 0 radical (unpaired) electrons. The Hall–Kier alpha value is -2.91. The van der Waals surface area contributed by atoms with Crippen molar-refractivity contribution in [1.29, 1.82) is 0 Å². The highest BCUT2D eigenvalue weighted by molar-refractivity contribution is 7.80. The van der Waals surface area contributed by atoms with Crippen molar-refractivity contribution in [1.82, 2.24) is 10.3 Å². The Morgan fingerprint density at radius 2 is 1.50 bits per heavy atom. The van der Waals surface area contributed by atoms with Gasteiger partial charge in [0.25, 0.3) is 0 Å². The Kier molecular flexibility index (Phi) is 7.53. The maximum atomic E-state index is 15.4. The van der Waals surface area contributed by atoms with Crippen LogP contribution in [-0.2, 0) is 0 Å². The minimum absolute atomic E-state index is 0.0798. The second-order valence-electron chi connectivity index (χ2n) is 9.15. The molecule has 2 aliphatic heterocycles. The number of rotatable bonds is 5. The number of halogens is 1. The summed E-state index contributed by atoms with van der Waals surface area (Å²) >= 11 is 4.83. The molecule has 34 heavy (non-hydrogen) atoms. The number of nitrogens with two attached hydrogens (primary N) is 1. The number of thiocarbonyl (C=S) groups is 1. The summed E-state index contributed by atoms with van der Waals surface area (Å²) in [5.74, 6) is -0.241. The minimum Gasteiger partial charge on any atom is -0.375 e. The van der Waals surface area contributed by atoms with E-state index in [1.54, 1.807) is 12.3 Å². The van der Waals surface area contributed by atoms with E-state index in [1.807, 2.05) is 6.07 Å². The van der Waals surface area contributed by atoms with E-state index in [4.69, 9.17) is 18.0 Å². The Bertz CT molecular complexity index is 1060. The number of piperazine rings is 2. The van der Waals surface area contributed by atoms with Gasteiger partial charge in [0.15, 0.2) is 5.11 Å². The molecule has 2 heterocycles. The van der Waals surface area contributed by atoms with E-state index in [2.05, 4.69) is 69.2 Å². The lowest BCUT2D eigenvalue weighted by Gasteiger charge is -2.39. The molecule has 2 aliphatic rings. The van der Waals surface area contributed by atoms with Crippen LogP contribution in [0.3, 0.4) is 0 Å². The summed E-state index contributed by atoms with van der Waals surface area (Å²) in [6.07, 6.45) is 1.60. The first-order valence-electron chi connectivity index (χ1n) is 11.7. The summed E-state index contributed by atoms with van der Waals surface area (Å²) in [5.41, 5.74) is 14.2. The van der Waals surface area contributed by atoms with Crippen molar-refractivity contribution < 1.29 is 4.39 Å². The van der Waals surface area contributed by atoms with Gasteiger partial charge in [-0.2, -0.15) is 5.10 Å². The van der Waals surface area contributed by atoms with E-state index >= 15 is 4.39 Å². The molecular weight excluding hydrogens is 449 g/mol. The van der Waals surface area contributed by atoms with E-state index in [0.29, 0.717) is 11.3 Å². The van der Waals surface area contributed by atoms with E-state index in [1.165, 1.54) is 16.8 Å². The van der Waals surface area contributed by atoms with Crippen molar-refractivity contribution in [2.24, 2.45) is 10.8 Å². The van der Waals surface area contributed by atoms with Crippen molar-refractivity contribution in [2.75, 3.05) is 74.1 Å². The van der Waals surface area contributed by atoms with Crippen LogP contribution in [0.15, 0.2) is 35.4 Å². The average Bonchev–Trinajstić information content (AvgIpc) is 2.81. The quantitative estimate of drug-likeness (QED) is 0.385. The van der Waals surface area contributed by atoms with Gasteiger partial charge in [-0.15, -0.1) is 0 Å². The Balaban J connectivity index is 1.57. The fourth-order valence-corrected chi connectivity index (χ4v) is 4.70. The van der Waals surface area contributed by atoms with E-state index in [0.717, 1.165) is 58.0 Å². The molecule has 2 aromatic carbocycles. The molecule has 0 unspecified atom stereocenters. The van der Waals surface area contributed by atoms with Gasteiger partial charge in [0.2, 0.25) is 0 Å². The van der Waals surface area contributed by atoms with Crippen molar-refractivity contribution in [2.45, 2.75) is 13.8 Å². The largest absolute Gasteiger partial charge is 0.375 e. The second kappa shape index (κ2) is 10.6. The van der Waals surface area contributed by atoms with Crippen LogP contribution in [0.25, 0.3) is 0 Å². The normalized spacial score (nSPS) is 17.5. The van der Waals surface area contributed by atoms with Gasteiger partial charge in [-0.05, 0) is 62.4 Å². The molecular formula is C25H34FN7S. The van der Waals surface area contributed by atoms with Crippen LogP contribution in [0.1, 0.15) is 16.7 Å². The summed E-state index contributed by atoms with van der Waals surface area (Å²) in [4.78, 5) is 9.16. The number of hydrogen-bond acceptors (Lipinski definition) is 6. The van der Waals surface area contributed by atoms with Crippen LogP contribution in [0, 0.1) is 19.7 Å². The van der Waals surface area contributed by atoms with Crippen LogP contribution in [0.2, 0.25) is 0 Å². The fourth-order valence-electron chi connectivity index (χ4n) is 4.65. The Morgan fingerprint density at radius 1 is 0.912 bits per heavy atom. The predicted molar refractivity (Wildman–Crippen MR) is 144 cm³/mol. The van der Waals surface area contributed by atoms with Gasteiger partial charge in [0.1, 0.15) is 5.82 Å². The number of benzene rings is 2. The first-order chi connectivity index (χ1) is 16.3. The third-order valence-corrected chi connectivity index (χ3v) is 6.74. The number of nitrogens with one attached hydrogen (secondary N) is 1. The van der Waals surface area contributed by atoms with E-state index in [-0.39, 0.29) is 10.9 Å². The predicted octanol–water partition coefficient (Wildman–Crippen LogP) is 2.69. The van der Waals surface area contributed by atoms with Gasteiger partial charge >= 0.3 is 0 Å². The van der Waals surface area contributed by atoms with E-state index in [9.17, 15) is 0 Å². The zero-order chi connectivity index (χ0) is 24.2. The lowest BCUT2D eigenvalue weighted by molar-refractivity contribution is 0.313. The number of nitrogens with zero attached hydrogens (tertiary/aromatic N) is 5. The number of hydrazone groups is 1. The second-order valence-corrected chi connectivity index (χ2v) is 9.59. The highest BCUT2D eigenvalue weighted by atomic mass is 32.1. The summed E-state index contributed by atoms with van der Waals surface area (Å²) in [7, 11) is 2.12. The highest BCUT2D eigenvalue weighted by Gasteiger charge is 2.24. The Labute approximate surface area is 207 Å². The van der Waals surface area contributed by atoms with Crippen LogP contribution >= 0.6 is 12.2 Å². The molecule has 182 valence electrons. The molecule has 0 atom stereocenters. The summed E-state index contributed by atoms with van der Waals surface area (Å²) < 4.78 is 15.4. The van der Waals surface area contributed by atoms with Crippen LogP contribution < -0.4 is 25.9 Å². The summed E-state index contributed by atoms with van der Waals surface area (Å²) in [6, 6.07) is 10.1. The van der Waals surface area contributed by atoms with Gasteiger partial charge in [-0.1, -0.05) is 12.1 Å². The summed E-state index contributed by atoms with van der Waals surface area (Å²) in [5, 5.41) is 4.17. The maximum Gasteiger partial charge on any atom is 0.184 e. The topological polar surface area (TPSA) is 63.4 Å². The number of aryl methyl sites for hydroxylation is 2. The molecule has 2 aromatic rings. The minimum atomic E-state index is -0.241. The molecule has 2 fully saturated rings. The molecule has 7 nitrogen and oxygen atoms in total. The lowest BCUT2D eigenvalue weighted by Crippen LogP contribution is -2.47. The maximum absolute atomic E-state index is 15.4. The van der Waals surface area contributed by atoms with E-state index < -0.39 is 0 Å². The third kappa shape index (κ3) is 5.59. The SMILES string of the molecule is Cc1ccc(C)c(N2CCN(c3cc(N4CCN(C)CC4)c(/C=N/NC(N)=S)cc3F)CC2)c1. The van der Waals surface area contributed by atoms with Crippen molar-refractivity contribution >= 4 is 40.6 Å². The average molecular weight is 484 g/mol. The number of anilines is 3. The molecule has 0 amide bonds. The highest BCUT2D eigenvalue weighted by Crippen LogP contribution is 2.32. The Morgan fingerprint density at radius 3 is 2.15 bits per heavy atom. The fraction of sp³-hybridized carbons (Fsp3) is 0.440. The molecule has 4 rings (SSSR count). The van der Waals surface area contributed by atoms with Crippen molar-refractivity contribution in [3.8, 4) is 0 Å². The summed E-state index contributed by atoms with van der Waals surface area (Å²) in [6.45, 7) is 11.2. The molecule has 0 aliphatic carbocycles. The monoisotopic (exact) mass is 483 g/mol. The van der Waals surface area contributed by atoms with Crippen molar-refractivity contribution in [3.63, 3.8) is 0 Å². The van der Waals surface area contributed by atoms with Crippen LogP contribution in [0.5, 0.6) is 0 Å². The van der Waals surface area contributed by atoms with Crippen molar-refractivity contribution in [3.05, 3.63) is 52.8 Å². The first-order valence-corrected chi connectivity index (χ1v) is 12.2. The molecule has 0 spiro atoms. The molecule has 3 N–H and O–H groups in total. The molecule has 2 saturated heterocycles. The zero-order valence-electron chi connectivity index (χ0n) is 20.2.